The molecule has 0 saturated carbocycles. The van der Waals surface area contributed by atoms with Crippen LogP contribution in [0.3, 0.4) is 0 Å². The molecule has 0 aliphatic carbocycles. The molecule has 18 heavy (non-hydrogen) atoms. The molecule has 100 valence electrons. The van der Waals surface area contributed by atoms with Crippen LogP contribution in [0.4, 0.5) is 0 Å². The van der Waals surface area contributed by atoms with Crippen molar-refractivity contribution >= 4 is 22.6 Å². The molecule has 0 bridgehead atoms. The van der Waals surface area contributed by atoms with Crippen LogP contribution in [-0.2, 0) is 20.8 Å². The van der Waals surface area contributed by atoms with Crippen molar-refractivity contribution in [1.29, 1.82) is 0 Å². The predicted molar refractivity (Wildman–Crippen MR) is 78.8 cm³/mol. The zero-order chi connectivity index (χ0) is 13.0. The highest BCUT2D eigenvalue weighted by atomic mass is 127. The Morgan fingerprint density at radius 2 is 1.83 bits per heavy atom. The lowest BCUT2D eigenvalue weighted by molar-refractivity contribution is -0.149. The number of hydrogen-bond donors (Lipinski definition) is 0. The Morgan fingerprint density at radius 1 is 1.17 bits per heavy atom. The smallest absolute Gasteiger partial charge is 0.163 e. The Bertz CT molecular complexity index is 367. The van der Waals surface area contributed by atoms with Gasteiger partial charge in [0.15, 0.2) is 5.79 Å². The van der Waals surface area contributed by atoms with Crippen molar-refractivity contribution in [3.63, 3.8) is 0 Å². The molecule has 1 heterocycles. The lowest BCUT2D eigenvalue weighted by Crippen LogP contribution is -2.28. The standard InChI is InChI=1S/C14H19IO3/c1-14(2)17-12(8-15)13(18-14)10-16-9-11-6-4-3-5-7-11/h3-7,12-13H,8-10H2,1-2H3/t12-,13-/m0/s1. The summed E-state index contributed by atoms with van der Waals surface area (Å²) < 4.78 is 18.3. The number of hydrogen-bond acceptors (Lipinski definition) is 3. The fraction of sp³-hybridized carbons (Fsp3) is 0.571. The maximum atomic E-state index is 5.84. The molecule has 0 N–H and O–H groups in total. The summed E-state index contributed by atoms with van der Waals surface area (Å²) in [5.74, 6) is -0.489. The van der Waals surface area contributed by atoms with E-state index in [4.69, 9.17) is 14.2 Å². The van der Waals surface area contributed by atoms with Crippen molar-refractivity contribution in [3.05, 3.63) is 35.9 Å². The zero-order valence-corrected chi connectivity index (χ0v) is 12.9. The lowest BCUT2D eigenvalue weighted by atomic mass is 10.2. The molecule has 1 aliphatic heterocycles. The van der Waals surface area contributed by atoms with Gasteiger partial charge in [-0.05, 0) is 19.4 Å². The predicted octanol–water partition coefficient (Wildman–Crippen LogP) is 3.16. The van der Waals surface area contributed by atoms with Crippen LogP contribution in [0.25, 0.3) is 0 Å². The van der Waals surface area contributed by atoms with Gasteiger partial charge in [0.25, 0.3) is 0 Å². The summed E-state index contributed by atoms with van der Waals surface area (Å²) in [7, 11) is 0. The van der Waals surface area contributed by atoms with Crippen molar-refractivity contribution in [1.82, 2.24) is 0 Å². The SMILES string of the molecule is CC1(C)O[C@@H](CI)[C@H](COCc2ccccc2)O1. The molecule has 2 rings (SSSR count). The molecule has 0 radical (unpaired) electrons. The number of halogens is 1. The Balaban J connectivity index is 1.80. The summed E-state index contributed by atoms with van der Waals surface area (Å²) in [6, 6.07) is 10.2. The van der Waals surface area contributed by atoms with Crippen LogP contribution >= 0.6 is 22.6 Å². The summed E-state index contributed by atoms with van der Waals surface area (Å²) in [5, 5.41) is 0. The van der Waals surface area contributed by atoms with E-state index in [9.17, 15) is 0 Å². The minimum Gasteiger partial charge on any atom is -0.374 e. The Kier molecular flexibility index (Phi) is 5.00. The third kappa shape index (κ3) is 3.91. The average molecular weight is 362 g/mol. The summed E-state index contributed by atoms with van der Waals surface area (Å²) in [6.07, 6.45) is 0.150. The largest absolute Gasteiger partial charge is 0.374 e. The van der Waals surface area contributed by atoms with Crippen LogP contribution in [-0.4, -0.2) is 29.0 Å². The zero-order valence-electron chi connectivity index (χ0n) is 10.8. The monoisotopic (exact) mass is 362 g/mol. The number of ether oxygens (including phenoxy) is 3. The molecule has 1 aromatic rings. The van der Waals surface area contributed by atoms with E-state index in [1.807, 2.05) is 32.0 Å². The Hall–Kier alpha value is -0.170. The van der Waals surface area contributed by atoms with Gasteiger partial charge in [0.1, 0.15) is 6.10 Å². The molecule has 0 unspecified atom stereocenters. The molecular formula is C14H19IO3. The van der Waals surface area contributed by atoms with Crippen molar-refractivity contribution in [2.24, 2.45) is 0 Å². The van der Waals surface area contributed by atoms with Gasteiger partial charge in [-0.1, -0.05) is 52.9 Å². The first-order valence-electron chi connectivity index (χ1n) is 6.14. The van der Waals surface area contributed by atoms with Gasteiger partial charge in [-0.2, -0.15) is 0 Å². The highest BCUT2D eigenvalue weighted by Crippen LogP contribution is 2.29. The topological polar surface area (TPSA) is 27.7 Å². The van der Waals surface area contributed by atoms with Gasteiger partial charge in [-0.3, -0.25) is 0 Å². The normalized spacial score (nSPS) is 26.4. The van der Waals surface area contributed by atoms with Gasteiger partial charge in [0.2, 0.25) is 0 Å². The van der Waals surface area contributed by atoms with Gasteiger partial charge in [0.05, 0.1) is 19.3 Å². The third-order valence-electron chi connectivity index (χ3n) is 2.83. The van der Waals surface area contributed by atoms with Crippen molar-refractivity contribution in [2.45, 2.75) is 38.4 Å². The molecule has 1 aliphatic rings. The maximum absolute atomic E-state index is 5.84. The summed E-state index contributed by atoms with van der Waals surface area (Å²) in [5.41, 5.74) is 1.18. The van der Waals surface area contributed by atoms with Gasteiger partial charge in [0, 0.05) is 4.43 Å². The summed E-state index contributed by atoms with van der Waals surface area (Å²) >= 11 is 2.32. The molecule has 3 nitrogen and oxygen atoms in total. The average Bonchev–Trinajstić information content (AvgIpc) is 2.65. The number of alkyl halides is 1. The summed E-state index contributed by atoms with van der Waals surface area (Å²) in [4.78, 5) is 0. The molecular weight excluding hydrogens is 343 g/mol. The van der Waals surface area contributed by atoms with Crippen LogP contribution in [0, 0.1) is 0 Å². The van der Waals surface area contributed by atoms with E-state index < -0.39 is 5.79 Å². The highest BCUT2D eigenvalue weighted by molar-refractivity contribution is 14.1. The quantitative estimate of drug-likeness (QED) is 0.595. The highest BCUT2D eigenvalue weighted by Gasteiger charge is 2.40. The molecule has 1 saturated heterocycles. The summed E-state index contributed by atoms with van der Waals surface area (Å²) in [6.45, 7) is 5.09. The maximum Gasteiger partial charge on any atom is 0.163 e. The van der Waals surface area contributed by atoms with E-state index in [0.717, 1.165) is 4.43 Å². The van der Waals surface area contributed by atoms with Crippen LogP contribution in [0.2, 0.25) is 0 Å². The van der Waals surface area contributed by atoms with Crippen molar-refractivity contribution in [2.75, 3.05) is 11.0 Å². The third-order valence-corrected chi connectivity index (χ3v) is 3.70. The first kappa shape index (κ1) is 14.2. The van der Waals surface area contributed by atoms with Gasteiger partial charge < -0.3 is 14.2 Å². The molecule has 0 amide bonds. The van der Waals surface area contributed by atoms with Crippen LogP contribution in [0.1, 0.15) is 19.4 Å². The number of benzene rings is 1. The second kappa shape index (κ2) is 6.32. The first-order valence-corrected chi connectivity index (χ1v) is 7.66. The van der Waals surface area contributed by atoms with E-state index in [0.29, 0.717) is 13.2 Å². The molecule has 1 fully saturated rings. The van der Waals surface area contributed by atoms with E-state index in [1.165, 1.54) is 5.56 Å². The van der Waals surface area contributed by atoms with E-state index in [2.05, 4.69) is 34.7 Å². The van der Waals surface area contributed by atoms with Gasteiger partial charge >= 0.3 is 0 Å². The fourth-order valence-corrected chi connectivity index (χ4v) is 2.80. The second-order valence-electron chi connectivity index (χ2n) is 4.87. The Labute approximate surface area is 122 Å². The molecule has 2 atom stereocenters. The van der Waals surface area contributed by atoms with Crippen LogP contribution in [0.15, 0.2) is 30.3 Å². The van der Waals surface area contributed by atoms with E-state index >= 15 is 0 Å². The molecule has 0 spiro atoms. The first-order chi connectivity index (χ1) is 8.61. The number of rotatable bonds is 5. The minimum atomic E-state index is -0.489. The van der Waals surface area contributed by atoms with E-state index in [-0.39, 0.29) is 12.2 Å². The lowest BCUT2D eigenvalue weighted by Gasteiger charge is -2.16. The van der Waals surface area contributed by atoms with Crippen LogP contribution in [0.5, 0.6) is 0 Å². The van der Waals surface area contributed by atoms with E-state index in [1.54, 1.807) is 0 Å². The Morgan fingerprint density at radius 3 is 2.50 bits per heavy atom. The second-order valence-corrected chi connectivity index (χ2v) is 5.75. The van der Waals surface area contributed by atoms with Gasteiger partial charge in [-0.25, -0.2) is 0 Å². The van der Waals surface area contributed by atoms with Crippen LogP contribution < -0.4 is 0 Å². The minimum absolute atomic E-state index is 0.0283. The van der Waals surface area contributed by atoms with Gasteiger partial charge in [-0.15, -0.1) is 0 Å². The fourth-order valence-electron chi connectivity index (χ4n) is 2.05. The van der Waals surface area contributed by atoms with Crippen molar-refractivity contribution < 1.29 is 14.2 Å². The van der Waals surface area contributed by atoms with Crippen molar-refractivity contribution in [3.8, 4) is 0 Å². The molecule has 4 heteroatoms. The molecule has 0 aromatic heterocycles. The molecule has 1 aromatic carbocycles.